The van der Waals surface area contributed by atoms with Crippen LogP contribution < -0.4 is 10.4 Å². The van der Waals surface area contributed by atoms with Gasteiger partial charge in [0, 0.05) is 0 Å². The van der Waals surface area contributed by atoms with Crippen LogP contribution in [0.4, 0.5) is 0 Å². The van der Waals surface area contributed by atoms with Gasteiger partial charge in [-0.1, -0.05) is 42.5 Å². The SMILES string of the molecule is Cc1cccc(-n2nn[nH]c2=O)c1OCc1ccccc1. The number of H-pyrrole nitrogens is 1. The van der Waals surface area contributed by atoms with E-state index in [9.17, 15) is 4.79 Å². The maximum atomic E-state index is 11.7. The first-order chi connectivity index (χ1) is 10.3. The molecule has 0 aliphatic carbocycles. The second-order valence-electron chi connectivity index (χ2n) is 4.62. The number of rotatable bonds is 4. The van der Waals surface area contributed by atoms with Crippen LogP contribution in [0.1, 0.15) is 11.1 Å². The summed E-state index contributed by atoms with van der Waals surface area (Å²) in [6, 6.07) is 15.4. The molecule has 0 aliphatic rings. The second kappa shape index (κ2) is 5.62. The normalized spacial score (nSPS) is 10.5. The number of aryl methyl sites for hydroxylation is 1. The van der Waals surface area contributed by atoms with Crippen molar-refractivity contribution in [1.29, 1.82) is 0 Å². The summed E-state index contributed by atoms with van der Waals surface area (Å²) >= 11 is 0. The minimum absolute atomic E-state index is 0.398. The van der Waals surface area contributed by atoms with Gasteiger partial charge in [-0.15, -0.1) is 0 Å². The van der Waals surface area contributed by atoms with Crippen molar-refractivity contribution < 1.29 is 4.74 Å². The van der Waals surface area contributed by atoms with Crippen molar-refractivity contribution in [2.75, 3.05) is 0 Å². The van der Waals surface area contributed by atoms with E-state index in [2.05, 4.69) is 15.5 Å². The van der Waals surface area contributed by atoms with Gasteiger partial charge in [-0.2, -0.15) is 4.68 Å². The Kier molecular flexibility index (Phi) is 3.51. The predicted octanol–water partition coefficient (Wildman–Crippen LogP) is 1.84. The molecule has 0 atom stereocenters. The molecule has 1 N–H and O–H groups in total. The van der Waals surface area contributed by atoms with Gasteiger partial charge in [0.1, 0.15) is 18.0 Å². The molecule has 21 heavy (non-hydrogen) atoms. The molecule has 2 aromatic carbocycles. The third-order valence-corrected chi connectivity index (χ3v) is 3.12. The lowest BCUT2D eigenvalue weighted by molar-refractivity contribution is 0.302. The maximum Gasteiger partial charge on any atom is 0.365 e. The van der Waals surface area contributed by atoms with Crippen LogP contribution in [0.15, 0.2) is 53.3 Å². The molecule has 6 nitrogen and oxygen atoms in total. The van der Waals surface area contributed by atoms with E-state index < -0.39 is 5.69 Å². The molecule has 3 aromatic rings. The van der Waals surface area contributed by atoms with Gasteiger partial charge in [-0.05, 0) is 34.5 Å². The largest absolute Gasteiger partial charge is 0.486 e. The lowest BCUT2D eigenvalue weighted by Gasteiger charge is -2.13. The third kappa shape index (κ3) is 2.69. The van der Waals surface area contributed by atoms with Gasteiger partial charge in [0.05, 0.1) is 0 Å². The van der Waals surface area contributed by atoms with Gasteiger partial charge < -0.3 is 4.74 Å². The van der Waals surface area contributed by atoms with Gasteiger partial charge >= 0.3 is 5.69 Å². The first kappa shape index (κ1) is 13.1. The number of nitrogens with zero attached hydrogens (tertiary/aromatic N) is 3. The van der Waals surface area contributed by atoms with Crippen molar-refractivity contribution >= 4 is 0 Å². The van der Waals surface area contributed by atoms with Crippen molar-refractivity contribution in [2.45, 2.75) is 13.5 Å². The molecule has 0 amide bonds. The molecule has 6 heteroatoms. The van der Waals surface area contributed by atoms with Crippen molar-refractivity contribution in [1.82, 2.24) is 20.2 Å². The number of aromatic amines is 1. The zero-order valence-electron chi connectivity index (χ0n) is 11.5. The van der Waals surface area contributed by atoms with E-state index in [0.717, 1.165) is 11.1 Å². The zero-order valence-corrected chi connectivity index (χ0v) is 11.5. The van der Waals surface area contributed by atoms with E-state index in [1.54, 1.807) is 6.07 Å². The van der Waals surface area contributed by atoms with E-state index in [-0.39, 0.29) is 0 Å². The summed E-state index contributed by atoms with van der Waals surface area (Å²) in [7, 11) is 0. The average Bonchev–Trinajstić information content (AvgIpc) is 2.93. The molecule has 0 saturated carbocycles. The second-order valence-corrected chi connectivity index (χ2v) is 4.62. The minimum Gasteiger partial charge on any atom is -0.486 e. The Labute approximate surface area is 121 Å². The van der Waals surface area contributed by atoms with Gasteiger partial charge in [0.2, 0.25) is 0 Å². The van der Waals surface area contributed by atoms with E-state index in [1.807, 2.05) is 49.4 Å². The maximum absolute atomic E-state index is 11.7. The highest BCUT2D eigenvalue weighted by Crippen LogP contribution is 2.26. The molecule has 1 heterocycles. The van der Waals surface area contributed by atoms with Crippen LogP contribution in [0.5, 0.6) is 5.75 Å². The fraction of sp³-hybridized carbons (Fsp3) is 0.133. The first-order valence-corrected chi connectivity index (χ1v) is 6.53. The summed E-state index contributed by atoms with van der Waals surface area (Å²) in [5, 5.41) is 9.55. The van der Waals surface area contributed by atoms with Crippen LogP contribution >= 0.6 is 0 Å². The number of aromatic nitrogens is 4. The Bertz CT molecular complexity index is 793. The summed E-state index contributed by atoms with van der Waals surface area (Å²) in [4.78, 5) is 11.7. The molecule has 0 bridgehead atoms. The average molecular weight is 282 g/mol. The smallest absolute Gasteiger partial charge is 0.365 e. The van der Waals surface area contributed by atoms with Gasteiger partial charge in [-0.25, -0.2) is 9.89 Å². The molecule has 0 radical (unpaired) electrons. The van der Waals surface area contributed by atoms with Gasteiger partial charge in [0.25, 0.3) is 0 Å². The van der Waals surface area contributed by atoms with Crippen molar-refractivity contribution in [3.05, 3.63) is 70.1 Å². The number of para-hydroxylation sites is 1. The minimum atomic E-state index is -0.398. The third-order valence-electron chi connectivity index (χ3n) is 3.12. The molecule has 3 rings (SSSR count). The quantitative estimate of drug-likeness (QED) is 0.792. The predicted molar refractivity (Wildman–Crippen MR) is 77.5 cm³/mol. The van der Waals surface area contributed by atoms with Crippen molar-refractivity contribution in [2.24, 2.45) is 0 Å². The van der Waals surface area contributed by atoms with Crippen molar-refractivity contribution in [3.8, 4) is 11.4 Å². The summed E-state index contributed by atoms with van der Waals surface area (Å²) < 4.78 is 7.08. The van der Waals surface area contributed by atoms with Crippen LogP contribution in [0.3, 0.4) is 0 Å². The highest BCUT2D eigenvalue weighted by atomic mass is 16.5. The molecule has 1 aromatic heterocycles. The number of tetrazole rings is 1. The van der Waals surface area contributed by atoms with Crippen LogP contribution in [-0.4, -0.2) is 20.2 Å². The van der Waals surface area contributed by atoms with Gasteiger partial charge in [-0.3, -0.25) is 0 Å². The first-order valence-electron chi connectivity index (χ1n) is 6.53. The monoisotopic (exact) mass is 282 g/mol. The van der Waals surface area contributed by atoms with E-state index >= 15 is 0 Å². The van der Waals surface area contributed by atoms with Crippen LogP contribution in [0.25, 0.3) is 5.69 Å². The summed E-state index contributed by atoms with van der Waals surface area (Å²) in [5.74, 6) is 0.623. The molecular formula is C15H14N4O2. The Balaban J connectivity index is 1.95. The van der Waals surface area contributed by atoms with E-state index in [0.29, 0.717) is 18.0 Å². The topological polar surface area (TPSA) is 72.8 Å². The number of benzene rings is 2. The number of ether oxygens (including phenoxy) is 1. The highest BCUT2D eigenvalue weighted by molar-refractivity contribution is 5.50. The molecule has 0 spiro atoms. The molecular weight excluding hydrogens is 268 g/mol. The van der Waals surface area contributed by atoms with E-state index in [4.69, 9.17) is 4.74 Å². The molecule has 0 saturated heterocycles. The Hall–Kier alpha value is -2.89. The Morgan fingerprint density at radius 3 is 2.67 bits per heavy atom. The lowest BCUT2D eigenvalue weighted by Crippen LogP contribution is -2.17. The fourth-order valence-electron chi connectivity index (χ4n) is 2.08. The number of hydrogen-bond donors (Lipinski definition) is 1. The van der Waals surface area contributed by atoms with Crippen molar-refractivity contribution in [3.63, 3.8) is 0 Å². The Morgan fingerprint density at radius 1 is 1.14 bits per heavy atom. The van der Waals surface area contributed by atoms with E-state index in [1.165, 1.54) is 4.68 Å². The van der Waals surface area contributed by atoms with Crippen LogP contribution in [0.2, 0.25) is 0 Å². The Morgan fingerprint density at radius 2 is 1.95 bits per heavy atom. The highest BCUT2D eigenvalue weighted by Gasteiger charge is 2.12. The van der Waals surface area contributed by atoms with Crippen LogP contribution in [-0.2, 0) is 6.61 Å². The molecule has 106 valence electrons. The lowest BCUT2D eigenvalue weighted by atomic mass is 10.2. The summed E-state index contributed by atoms with van der Waals surface area (Å²) in [6.45, 7) is 2.35. The molecule has 0 aliphatic heterocycles. The molecule has 0 fully saturated rings. The summed E-state index contributed by atoms with van der Waals surface area (Å²) in [6.07, 6.45) is 0. The van der Waals surface area contributed by atoms with Crippen LogP contribution in [0, 0.1) is 6.92 Å². The standard InChI is InChI=1S/C15H14N4O2/c1-11-6-5-9-13(19-15(20)16-17-18-19)14(11)21-10-12-7-3-2-4-8-12/h2-9H,10H2,1H3,(H,16,18,20). The van der Waals surface area contributed by atoms with Gasteiger partial charge in [0.15, 0.2) is 0 Å². The number of nitrogens with one attached hydrogen (secondary N) is 1. The molecule has 0 unspecified atom stereocenters. The number of hydrogen-bond acceptors (Lipinski definition) is 4. The fourth-order valence-corrected chi connectivity index (χ4v) is 2.08. The summed E-state index contributed by atoms with van der Waals surface area (Å²) in [5.41, 5.74) is 2.16. The zero-order chi connectivity index (χ0) is 14.7.